The molecule has 1 aromatic carbocycles. The van der Waals surface area contributed by atoms with E-state index in [0.717, 1.165) is 16.9 Å². The van der Waals surface area contributed by atoms with Crippen LogP contribution in [0.5, 0.6) is 5.75 Å². The molecule has 2 aromatic rings. The van der Waals surface area contributed by atoms with Crippen LogP contribution in [-0.4, -0.2) is 28.9 Å². The Morgan fingerprint density at radius 1 is 1.47 bits per heavy atom. The molecule has 0 aliphatic carbocycles. The van der Waals surface area contributed by atoms with Gasteiger partial charge in [-0.05, 0) is 43.7 Å². The fraction of sp³-hybridized carbons (Fsp3) is 0.385. The second-order valence-corrected chi connectivity index (χ2v) is 4.23. The maximum atomic E-state index is 9.72. The molecule has 0 bridgehead atoms. The molecule has 1 unspecified atom stereocenters. The molecule has 3 N–H and O–H groups in total. The lowest BCUT2D eigenvalue weighted by molar-refractivity contribution is 0.127. The lowest BCUT2D eigenvalue weighted by Gasteiger charge is -2.04. The van der Waals surface area contributed by atoms with Gasteiger partial charge in [0.05, 0.1) is 7.11 Å². The zero-order chi connectivity index (χ0) is 13.8. The van der Waals surface area contributed by atoms with Crippen molar-refractivity contribution in [3.63, 3.8) is 0 Å². The fourth-order valence-corrected chi connectivity index (χ4v) is 1.79. The molecule has 6 nitrogen and oxygen atoms in total. The molecular formula is C13H17N3O3. The quantitative estimate of drug-likeness (QED) is 0.847. The highest BCUT2D eigenvalue weighted by Crippen LogP contribution is 2.25. The van der Waals surface area contributed by atoms with Crippen molar-refractivity contribution in [2.75, 3.05) is 13.7 Å². The van der Waals surface area contributed by atoms with Gasteiger partial charge in [0.15, 0.2) is 0 Å². The predicted octanol–water partition coefficient (Wildman–Crippen LogP) is 1.44. The second-order valence-electron chi connectivity index (χ2n) is 4.23. The lowest BCUT2D eigenvalue weighted by Crippen LogP contribution is -2.06. The van der Waals surface area contributed by atoms with Crippen molar-refractivity contribution < 1.29 is 14.4 Å². The Morgan fingerprint density at radius 2 is 2.26 bits per heavy atom. The summed E-state index contributed by atoms with van der Waals surface area (Å²) in [4.78, 5) is 4.17. The molecule has 0 amide bonds. The highest BCUT2D eigenvalue weighted by Gasteiger charge is 2.16. The van der Waals surface area contributed by atoms with E-state index < -0.39 is 6.10 Å². The number of hydrogen-bond acceptors (Lipinski definition) is 6. The highest BCUT2D eigenvalue weighted by atomic mass is 16.5. The third-order valence-electron chi connectivity index (χ3n) is 2.82. The zero-order valence-electron chi connectivity index (χ0n) is 11.0. The Balaban J connectivity index is 2.25. The van der Waals surface area contributed by atoms with Crippen LogP contribution in [0.25, 0.3) is 11.4 Å². The summed E-state index contributed by atoms with van der Waals surface area (Å²) < 4.78 is 10.2. The number of nitrogens with zero attached hydrogens (tertiary/aromatic N) is 2. The van der Waals surface area contributed by atoms with E-state index in [4.69, 9.17) is 15.0 Å². The summed E-state index contributed by atoms with van der Waals surface area (Å²) in [5.41, 5.74) is 7.17. The summed E-state index contributed by atoms with van der Waals surface area (Å²) in [7, 11) is 1.62. The van der Waals surface area contributed by atoms with Gasteiger partial charge in [0, 0.05) is 5.56 Å². The van der Waals surface area contributed by atoms with Gasteiger partial charge in [-0.3, -0.25) is 0 Å². The van der Waals surface area contributed by atoms with E-state index >= 15 is 0 Å². The summed E-state index contributed by atoms with van der Waals surface area (Å²) in [5, 5.41) is 13.6. The number of aromatic nitrogens is 2. The molecule has 19 heavy (non-hydrogen) atoms. The summed E-state index contributed by atoms with van der Waals surface area (Å²) in [6.07, 6.45) is -0.422. The number of methoxy groups -OCH3 is 1. The number of aliphatic hydroxyl groups is 1. The van der Waals surface area contributed by atoms with E-state index in [2.05, 4.69) is 10.1 Å². The van der Waals surface area contributed by atoms with Gasteiger partial charge in [0.25, 0.3) is 5.89 Å². The maximum Gasteiger partial charge on any atom is 0.255 e. The molecule has 6 heteroatoms. The van der Waals surface area contributed by atoms with Gasteiger partial charge in [-0.2, -0.15) is 4.98 Å². The minimum atomic E-state index is -0.814. The van der Waals surface area contributed by atoms with Gasteiger partial charge >= 0.3 is 0 Å². The van der Waals surface area contributed by atoms with Crippen molar-refractivity contribution in [3.05, 3.63) is 29.7 Å². The smallest absolute Gasteiger partial charge is 0.255 e. The number of ether oxygens (including phenoxy) is 1. The van der Waals surface area contributed by atoms with Crippen LogP contribution in [0.2, 0.25) is 0 Å². The molecule has 0 aliphatic heterocycles. The molecule has 0 aliphatic rings. The van der Waals surface area contributed by atoms with Crippen molar-refractivity contribution in [2.45, 2.75) is 19.4 Å². The summed E-state index contributed by atoms with van der Waals surface area (Å²) in [6, 6.07) is 5.59. The van der Waals surface area contributed by atoms with Gasteiger partial charge in [0.1, 0.15) is 11.9 Å². The Morgan fingerprint density at radius 3 is 2.89 bits per heavy atom. The molecule has 0 fully saturated rings. The Labute approximate surface area is 111 Å². The largest absolute Gasteiger partial charge is 0.496 e. The summed E-state index contributed by atoms with van der Waals surface area (Å²) in [6.45, 7) is 2.30. The van der Waals surface area contributed by atoms with E-state index in [1.165, 1.54) is 0 Å². The molecule has 0 saturated carbocycles. The number of aryl methyl sites for hydroxylation is 1. The van der Waals surface area contributed by atoms with Crippen molar-refractivity contribution in [1.82, 2.24) is 10.1 Å². The molecular weight excluding hydrogens is 246 g/mol. The van der Waals surface area contributed by atoms with E-state index in [0.29, 0.717) is 18.8 Å². The van der Waals surface area contributed by atoms with Crippen molar-refractivity contribution in [3.8, 4) is 17.1 Å². The Hall–Kier alpha value is -1.92. The summed E-state index contributed by atoms with van der Waals surface area (Å²) in [5.74, 6) is 1.43. The Bertz CT molecular complexity index is 554. The zero-order valence-corrected chi connectivity index (χ0v) is 11.0. The van der Waals surface area contributed by atoms with Gasteiger partial charge in [-0.15, -0.1) is 0 Å². The fourth-order valence-electron chi connectivity index (χ4n) is 1.79. The van der Waals surface area contributed by atoms with Gasteiger partial charge in [-0.25, -0.2) is 0 Å². The SMILES string of the molecule is COc1ccc(-c2noc(C(O)CCN)n2)cc1C. The van der Waals surface area contributed by atoms with Crippen LogP contribution in [0, 0.1) is 6.92 Å². The number of aliphatic hydroxyl groups excluding tert-OH is 1. The Kier molecular flexibility index (Phi) is 4.13. The van der Waals surface area contributed by atoms with Gasteiger partial charge in [-0.1, -0.05) is 5.16 Å². The van der Waals surface area contributed by atoms with E-state index in [-0.39, 0.29) is 5.89 Å². The molecule has 2 rings (SSSR count). The molecule has 0 radical (unpaired) electrons. The molecule has 1 atom stereocenters. The molecule has 1 heterocycles. The topological polar surface area (TPSA) is 94.4 Å². The predicted molar refractivity (Wildman–Crippen MR) is 69.7 cm³/mol. The standard InChI is InChI=1S/C13H17N3O3/c1-8-7-9(3-4-11(8)18-2)12-15-13(19-16-12)10(17)5-6-14/h3-4,7,10,17H,5-6,14H2,1-2H3. The van der Waals surface area contributed by atoms with Crippen LogP contribution in [-0.2, 0) is 0 Å². The monoisotopic (exact) mass is 263 g/mol. The second kappa shape index (κ2) is 5.81. The van der Waals surface area contributed by atoms with Crippen molar-refractivity contribution >= 4 is 0 Å². The average Bonchev–Trinajstić information content (AvgIpc) is 2.88. The van der Waals surface area contributed by atoms with Crippen LogP contribution in [0.1, 0.15) is 24.0 Å². The van der Waals surface area contributed by atoms with Gasteiger partial charge < -0.3 is 20.1 Å². The van der Waals surface area contributed by atoms with Crippen molar-refractivity contribution in [2.24, 2.45) is 5.73 Å². The molecule has 0 spiro atoms. The first-order valence-corrected chi connectivity index (χ1v) is 6.02. The first-order chi connectivity index (χ1) is 9.15. The average molecular weight is 263 g/mol. The van der Waals surface area contributed by atoms with E-state index in [1.807, 2.05) is 25.1 Å². The minimum Gasteiger partial charge on any atom is -0.496 e. The van der Waals surface area contributed by atoms with Crippen LogP contribution < -0.4 is 10.5 Å². The van der Waals surface area contributed by atoms with E-state index in [9.17, 15) is 5.11 Å². The molecule has 1 aromatic heterocycles. The number of benzene rings is 1. The minimum absolute atomic E-state index is 0.189. The maximum absolute atomic E-state index is 9.72. The van der Waals surface area contributed by atoms with E-state index in [1.54, 1.807) is 7.11 Å². The number of rotatable bonds is 5. The first-order valence-electron chi connectivity index (χ1n) is 6.02. The van der Waals surface area contributed by atoms with Crippen LogP contribution in [0.3, 0.4) is 0 Å². The highest BCUT2D eigenvalue weighted by molar-refractivity contribution is 5.58. The third kappa shape index (κ3) is 2.91. The first kappa shape index (κ1) is 13.5. The third-order valence-corrected chi connectivity index (χ3v) is 2.82. The summed E-state index contributed by atoms with van der Waals surface area (Å²) >= 11 is 0. The van der Waals surface area contributed by atoms with Crippen LogP contribution in [0.15, 0.2) is 22.7 Å². The van der Waals surface area contributed by atoms with Crippen LogP contribution in [0.4, 0.5) is 0 Å². The normalized spacial score (nSPS) is 12.4. The van der Waals surface area contributed by atoms with Crippen LogP contribution >= 0.6 is 0 Å². The van der Waals surface area contributed by atoms with Crippen molar-refractivity contribution in [1.29, 1.82) is 0 Å². The molecule has 0 saturated heterocycles. The van der Waals surface area contributed by atoms with Gasteiger partial charge in [0.2, 0.25) is 5.82 Å². The lowest BCUT2D eigenvalue weighted by atomic mass is 10.1. The molecule has 102 valence electrons. The number of nitrogens with two attached hydrogens (primary N) is 1. The number of hydrogen-bond donors (Lipinski definition) is 2.